The second-order valence-electron chi connectivity index (χ2n) is 1.58. The maximum atomic E-state index is 5.42. The van der Waals surface area contributed by atoms with Gasteiger partial charge in [-0.25, -0.2) is 0 Å². The molecule has 0 unspecified atom stereocenters. The van der Waals surface area contributed by atoms with Crippen LogP contribution in [0.1, 0.15) is 13.8 Å². The van der Waals surface area contributed by atoms with E-state index in [2.05, 4.69) is 0 Å². The van der Waals surface area contributed by atoms with E-state index in [0.717, 1.165) is 0 Å². The molecule has 0 aromatic carbocycles. The Kier molecular flexibility index (Phi) is 9.17. The van der Waals surface area contributed by atoms with Crippen LogP contribution in [0.5, 0.6) is 0 Å². The quantitative estimate of drug-likeness (QED) is 0.467. The average Bonchev–Trinajstić information content (AvgIpc) is 2.01. The summed E-state index contributed by atoms with van der Waals surface area (Å²) in [6.07, 6.45) is 0. The molecule has 0 aliphatic rings. The molecule has 0 aliphatic carbocycles. The maximum absolute atomic E-state index is 5.42. The Balaban J connectivity index is 3.34. The molecule has 11 heavy (non-hydrogen) atoms. The highest BCUT2D eigenvalue weighted by Gasteiger charge is 2.08. The van der Waals surface area contributed by atoms with E-state index in [9.17, 15) is 0 Å². The predicted octanol–water partition coefficient (Wildman–Crippen LogP) is 2.54. The van der Waals surface area contributed by atoms with Crippen LogP contribution in [-0.2, 0) is 13.6 Å². The third-order valence-corrected chi connectivity index (χ3v) is 2.23. The zero-order valence-electron chi connectivity index (χ0n) is 6.88. The van der Waals surface area contributed by atoms with Gasteiger partial charge in [0, 0.05) is 5.88 Å². The molecule has 0 aromatic heterocycles. The first-order chi connectivity index (χ1) is 5.35. The molecule has 0 spiro atoms. The Morgan fingerprint density at radius 2 is 1.64 bits per heavy atom. The van der Waals surface area contributed by atoms with Crippen molar-refractivity contribution in [1.82, 2.24) is 0 Å². The van der Waals surface area contributed by atoms with Crippen LogP contribution in [0.3, 0.4) is 0 Å². The van der Waals surface area contributed by atoms with Crippen molar-refractivity contribution in [1.29, 1.82) is 0 Å². The van der Waals surface area contributed by atoms with E-state index in [1.54, 1.807) is 0 Å². The second-order valence-corrected chi connectivity index (χ2v) is 3.18. The van der Waals surface area contributed by atoms with E-state index in [4.69, 9.17) is 25.2 Å². The summed E-state index contributed by atoms with van der Waals surface area (Å²) < 4.78 is 15.5. The minimum absolute atomic E-state index is 0.471. The van der Waals surface area contributed by atoms with Crippen molar-refractivity contribution in [3.63, 3.8) is 0 Å². The lowest BCUT2D eigenvalue weighted by molar-refractivity contribution is 0.177. The van der Waals surface area contributed by atoms with E-state index < -0.39 is 8.60 Å². The van der Waals surface area contributed by atoms with Crippen LogP contribution in [0.2, 0.25) is 0 Å². The fraction of sp³-hybridized carbons (Fsp3) is 1.00. The van der Waals surface area contributed by atoms with Gasteiger partial charge in [-0.1, -0.05) is 0 Å². The standard InChI is InChI=1S/C6H14ClO3P/c1-3-8-11(9-4-2)10-6-5-7/h3-6H2,1-2H3. The molecule has 0 bridgehead atoms. The molecule has 0 amide bonds. The molecule has 5 heteroatoms. The number of hydrogen-bond acceptors (Lipinski definition) is 3. The van der Waals surface area contributed by atoms with Gasteiger partial charge in [-0.3, -0.25) is 0 Å². The SMILES string of the molecule is CCOP(OCC)OCCCl. The first-order valence-electron chi connectivity index (χ1n) is 3.60. The Bertz CT molecular complexity index is 78.2. The molecule has 0 aliphatic heterocycles. The molecule has 0 saturated carbocycles. The topological polar surface area (TPSA) is 27.7 Å². The minimum Gasteiger partial charge on any atom is -0.313 e. The lowest BCUT2D eigenvalue weighted by Gasteiger charge is -2.13. The van der Waals surface area contributed by atoms with Crippen molar-refractivity contribution in [3.05, 3.63) is 0 Å². The molecule has 0 atom stereocenters. The Labute approximate surface area is 74.0 Å². The zero-order chi connectivity index (χ0) is 8.53. The van der Waals surface area contributed by atoms with E-state index >= 15 is 0 Å². The normalized spacial score (nSPS) is 10.9. The second kappa shape index (κ2) is 8.69. The Hall–Kier alpha value is 0.600. The molecule has 68 valence electrons. The van der Waals surface area contributed by atoms with Gasteiger partial charge < -0.3 is 13.6 Å². The molecular weight excluding hydrogens is 186 g/mol. The minimum atomic E-state index is -1.15. The highest BCUT2D eigenvalue weighted by Crippen LogP contribution is 2.38. The van der Waals surface area contributed by atoms with Crippen molar-refractivity contribution in [2.75, 3.05) is 25.7 Å². The van der Waals surface area contributed by atoms with Gasteiger partial charge in [-0.2, -0.15) is 0 Å². The van der Waals surface area contributed by atoms with Crippen LogP contribution >= 0.6 is 20.2 Å². The van der Waals surface area contributed by atoms with Crippen molar-refractivity contribution in [2.45, 2.75) is 13.8 Å². The summed E-state index contributed by atoms with van der Waals surface area (Å²) in [5.74, 6) is 0.471. The largest absolute Gasteiger partial charge is 0.332 e. The van der Waals surface area contributed by atoms with Gasteiger partial charge in [0.2, 0.25) is 0 Å². The fourth-order valence-corrected chi connectivity index (χ4v) is 1.50. The molecule has 0 aromatic rings. The van der Waals surface area contributed by atoms with Gasteiger partial charge >= 0.3 is 8.60 Å². The summed E-state index contributed by atoms with van der Waals surface area (Å²) >= 11 is 5.42. The lowest BCUT2D eigenvalue weighted by Crippen LogP contribution is -1.97. The molecule has 0 radical (unpaired) electrons. The van der Waals surface area contributed by atoms with E-state index in [-0.39, 0.29) is 0 Å². The van der Waals surface area contributed by atoms with Crippen LogP contribution in [0.25, 0.3) is 0 Å². The fourth-order valence-electron chi connectivity index (χ4n) is 0.432. The molecule has 0 saturated heterocycles. The summed E-state index contributed by atoms with van der Waals surface area (Å²) in [5.41, 5.74) is 0. The Morgan fingerprint density at radius 3 is 2.00 bits per heavy atom. The van der Waals surface area contributed by atoms with Crippen LogP contribution in [0, 0.1) is 0 Å². The van der Waals surface area contributed by atoms with Crippen molar-refractivity contribution in [2.24, 2.45) is 0 Å². The maximum Gasteiger partial charge on any atom is 0.332 e. The van der Waals surface area contributed by atoms with Crippen molar-refractivity contribution in [3.8, 4) is 0 Å². The molecule has 0 fully saturated rings. The van der Waals surface area contributed by atoms with Crippen LogP contribution in [0.15, 0.2) is 0 Å². The average molecular weight is 201 g/mol. The molecular formula is C6H14ClO3P. The third-order valence-electron chi connectivity index (χ3n) is 0.743. The summed E-state index contributed by atoms with van der Waals surface area (Å²) in [5, 5.41) is 0. The molecule has 0 N–H and O–H groups in total. The highest BCUT2D eigenvalue weighted by atomic mass is 35.5. The molecule has 0 rings (SSSR count). The van der Waals surface area contributed by atoms with Crippen LogP contribution in [0.4, 0.5) is 0 Å². The van der Waals surface area contributed by atoms with Crippen LogP contribution < -0.4 is 0 Å². The first-order valence-corrected chi connectivity index (χ1v) is 5.23. The van der Waals surface area contributed by atoms with Crippen molar-refractivity contribution < 1.29 is 13.6 Å². The van der Waals surface area contributed by atoms with Gasteiger partial charge in [0.1, 0.15) is 0 Å². The zero-order valence-corrected chi connectivity index (χ0v) is 8.53. The van der Waals surface area contributed by atoms with Gasteiger partial charge in [0.05, 0.1) is 19.8 Å². The van der Waals surface area contributed by atoms with Crippen LogP contribution in [-0.4, -0.2) is 25.7 Å². The molecule has 3 nitrogen and oxygen atoms in total. The summed E-state index contributed by atoms with van der Waals surface area (Å²) in [6.45, 7) is 5.49. The third kappa shape index (κ3) is 6.98. The van der Waals surface area contributed by atoms with Crippen molar-refractivity contribution >= 4 is 20.2 Å². The monoisotopic (exact) mass is 200 g/mol. The summed E-state index contributed by atoms with van der Waals surface area (Å²) in [6, 6.07) is 0. The smallest absolute Gasteiger partial charge is 0.313 e. The van der Waals surface area contributed by atoms with Gasteiger partial charge in [-0.15, -0.1) is 11.6 Å². The van der Waals surface area contributed by atoms with Gasteiger partial charge in [-0.05, 0) is 13.8 Å². The number of halogens is 1. The van der Waals surface area contributed by atoms with E-state index in [0.29, 0.717) is 25.7 Å². The lowest BCUT2D eigenvalue weighted by atomic mass is 10.9. The summed E-state index contributed by atoms with van der Waals surface area (Å²) in [7, 11) is -1.15. The van der Waals surface area contributed by atoms with Gasteiger partial charge in [0.25, 0.3) is 0 Å². The first kappa shape index (κ1) is 11.6. The van der Waals surface area contributed by atoms with E-state index in [1.807, 2.05) is 13.8 Å². The van der Waals surface area contributed by atoms with Gasteiger partial charge in [0.15, 0.2) is 0 Å². The predicted molar refractivity (Wildman–Crippen MR) is 46.8 cm³/mol. The number of hydrogen-bond donors (Lipinski definition) is 0. The number of alkyl halides is 1. The Morgan fingerprint density at radius 1 is 1.09 bits per heavy atom. The number of rotatable bonds is 7. The summed E-state index contributed by atoms with van der Waals surface area (Å²) in [4.78, 5) is 0. The molecule has 0 heterocycles. The highest BCUT2D eigenvalue weighted by molar-refractivity contribution is 7.41. The van der Waals surface area contributed by atoms with E-state index in [1.165, 1.54) is 0 Å².